The summed E-state index contributed by atoms with van der Waals surface area (Å²) < 4.78 is 5.46. The monoisotopic (exact) mass is 291 g/mol. The van der Waals surface area contributed by atoms with E-state index in [1.165, 1.54) is 4.90 Å². The maximum atomic E-state index is 11.7. The number of hydrogen-bond acceptors (Lipinski definition) is 5. The Bertz CT molecular complexity index is 556. The summed E-state index contributed by atoms with van der Waals surface area (Å²) >= 11 is 0. The van der Waals surface area contributed by atoms with Crippen molar-refractivity contribution in [3.8, 4) is 5.75 Å². The lowest BCUT2D eigenvalue weighted by Gasteiger charge is -2.14. The Morgan fingerprint density at radius 1 is 1.38 bits per heavy atom. The van der Waals surface area contributed by atoms with E-state index in [0.29, 0.717) is 11.3 Å². The Kier molecular flexibility index (Phi) is 4.54. The molecular weight excluding hydrogens is 274 g/mol. The van der Waals surface area contributed by atoms with Crippen LogP contribution in [0.5, 0.6) is 5.75 Å². The number of ether oxygens (including phenoxy) is 1. The number of benzene rings is 1. The van der Waals surface area contributed by atoms with Crippen molar-refractivity contribution < 1.29 is 19.1 Å². The van der Waals surface area contributed by atoms with E-state index >= 15 is 0 Å². The van der Waals surface area contributed by atoms with E-state index in [1.807, 2.05) is 5.43 Å². The zero-order chi connectivity index (χ0) is 15.4. The first kappa shape index (κ1) is 15.0. The Hall–Kier alpha value is -2.41. The van der Waals surface area contributed by atoms with Gasteiger partial charge in [-0.1, -0.05) is 6.92 Å². The Labute approximate surface area is 122 Å². The first-order valence-electron chi connectivity index (χ1n) is 6.61. The number of nitrogens with zero attached hydrogens (tertiary/aromatic N) is 1. The number of amides is 3. The van der Waals surface area contributed by atoms with Gasteiger partial charge in [0.2, 0.25) is 11.8 Å². The highest BCUT2D eigenvalue weighted by atomic mass is 16.5. The molecule has 3 N–H and O–H groups in total. The van der Waals surface area contributed by atoms with Crippen LogP contribution < -0.4 is 16.0 Å². The molecule has 7 nitrogen and oxygen atoms in total. The zero-order valence-corrected chi connectivity index (χ0v) is 11.7. The third-order valence-corrected chi connectivity index (χ3v) is 3.30. The number of nitrogen functional groups attached to an aromatic ring is 1. The van der Waals surface area contributed by atoms with E-state index in [0.717, 1.165) is 0 Å². The molecule has 1 aromatic carbocycles. The number of carbonyl (C=O) groups is 3. The second-order valence-corrected chi connectivity index (χ2v) is 4.84. The molecule has 1 fully saturated rings. The topological polar surface area (TPSA) is 102 Å². The molecule has 1 aliphatic rings. The standard InChI is InChI=1S/C14H17N3O4/c1-9-8-12(18)17(14(9)20)6-7-21-11-4-2-10(3-5-11)13(19)16-15/h2-5,9H,6-8,15H2,1H3,(H,16,19). The number of nitrogens with two attached hydrogens (primary N) is 1. The lowest BCUT2D eigenvalue weighted by Crippen LogP contribution is -2.34. The second kappa shape index (κ2) is 6.36. The summed E-state index contributed by atoms with van der Waals surface area (Å²) in [6.07, 6.45) is 0.266. The lowest BCUT2D eigenvalue weighted by atomic mass is 10.1. The highest BCUT2D eigenvalue weighted by Gasteiger charge is 2.35. The summed E-state index contributed by atoms with van der Waals surface area (Å²) in [5.74, 6) is 4.64. The van der Waals surface area contributed by atoms with Gasteiger partial charge in [0.05, 0.1) is 6.54 Å². The number of imide groups is 1. The first-order chi connectivity index (χ1) is 10.0. The van der Waals surface area contributed by atoms with Crippen molar-refractivity contribution in [2.75, 3.05) is 13.2 Å². The van der Waals surface area contributed by atoms with Gasteiger partial charge in [0.15, 0.2) is 0 Å². The SMILES string of the molecule is CC1CC(=O)N(CCOc2ccc(C(=O)NN)cc2)C1=O. The van der Waals surface area contributed by atoms with E-state index in [2.05, 4.69) is 0 Å². The predicted octanol–water partition coefficient (Wildman–Crippen LogP) is 0.0639. The molecule has 0 spiro atoms. The summed E-state index contributed by atoms with van der Waals surface area (Å²) in [7, 11) is 0. The smallest absolute Gasteiger partial charge is 0.265 e. The van der Waals surface area contributed by atoms with Crippen LogP contribution in [0.3, 0.4) is 0 Å². The van der Waals surface area contributed by atoms with Gasteiger partial charge >= 0.3 is 0 Å². The van der Waals surface area contributed by atoms with Crippen LogP contribution in [0.4, 0.5) is 0 Å². The normalized spacial score (nSPS) is 18.0. The molecule has 1 aromatic rings. The predicted molar refractivity (Wildman–Crippen MR) is 74.1 cm³/mol. The third kappa shape index (κ3) is 3.38. The molecule has 1 unspecified atom stereocenters. The van der Waals surface area contributed by atoms with Crippen molar-refractivity contribution >= 4 is 17.7 Å². The van der Waals surface area contributed by atoms with Crippen LogP contribution in [-0.2, 0) is 9.59 Å². The number of hydrazine groups is 1. The molecule has 21 heavy (non-hydrogen) atoms. The minimum absolute atomic E-state index is 0.154. The van der Waals surface area contributed by atoms with Gasteiger partial charge in [0, 0.05) is 17.9 Å². The van der Waals surface area contributed by atoms with Crippen molar-refractivity contribution in [3.63, 3.8) is 0 Å². The quantitative estimate of drug-likeness (QED) is 0.346. The maximum Gasteiger partial charge on any atom is 0.265 e. The van der Waals surface area contributed by atoms with Gasteiger partial charge in [-0.25, -0.2) is 5.84 Å². The van der Waals surface area contributed by atoms with E-state index in [1.54, 1.807) is 31.2 Å². The van der Waals surface area contributed by atoms with Crippen LogP contribution in [0.1, 0.15) is 23.7 Å². The van der Waals surface area contributed by atoms with Crippen LogP contribution in [-0.4, -0.2) is 35.8 Å². The van der Waals surface area contributed by atoms with Crippen LogP contribution in [0.15, 0.2) is 24.3 Å². The van der Waals surface area contributed by atoms with Crippen molar-refractivity contribution in [1.29, 1.82) is 0 Å². The van der Waals surface area contributed by atoms with Crippen molar-refractivity contribution in [2.45, 2.75) is 13.3 Å². The summed E-state index contributed by atoms with van der Waals surface area (Å²) in [5.41, 5.74) is 2.45. The maximum absolute atomic E-state index is 11.7. The van der Waals surface area contributed by atoms with Crippen LogP contribution in [0, 0.1) is 5.92 Å². The molecule has 1 saturated heterocycles. The van der Waals surface area contributed by atoms with Crippen molar-refractivity contribution in [3.05, 3.63) is 29.8 Å². The van der Waals surface area contributed by atoms with Gasteiger partial charge in [-0.3, -0.25) is 24.7 Å². The Balaban J connectivity index is 1.85. The average molecular weight is 291 g/mol. The molecule has 2 rings (SSSR count). The average Bonchev–Trinajstić information content (AvgIpc) is 2.73. The Morgan fingerprint density at radius 2 is 2.05 bits per heavy atom. The summed E-state index contributed by atoms with van der Waals surface area (Å²) in [4.78, 5) is 35.8. The van der Waals surface area contributed by atoms with Gasteiger partial charge < -0.3 is 4.74 Å². The van der Waals surface area contributed by atoms with Crippen molar-refractivity contribution in [1.82, 2.24) is 10.3 Å². The van der Waals surface area contributed by atoms with Gasteiger partial charge in [-0.05, 0) is 24.3 Å². The molecule has 0 saturated carbocycles. The van der Waals surface area contributed by atoms with Crippen LogP contribution in [0.2, 0.25) is 0 Å². The fourth-order valence-electron chi connectivity index (χ4n) is 2.12. The highest BCUT2D eigenvalue weighted by molar-refractivity contribution is 6.03. The van der Waals surface area contributed by atoms with Gasteiger partial charge in [0.25, 0.3) is 5.91 Å². The molecule has 0 aliphatic carbocycles. The minimum atomic E-state index is -0.385. The lowest BCUT2D eigenvalue weighted by molar-refractivity contribution is -0.139. The fourth-order valence-corrected chi connectivity index (χ4v) is 2.12. The molecule has 3 amide bonds. The highest BCUT2D eigenvalue weighted by Crippen LogP contribution is 2.18. The van der Waals surface area contributed by atoms with Gasteiger partial charge in [-0.2, -0.15) is 0 Å². The fraction of sp³-hybridized carbons (Fsp3) is 0.357. The number of carbonyl (C=O) groups excluding carboxylic acids is 3. The van der Waals surface area contributed by atoms with Crippen LogP contribution in [0.25, 0.3) is 0 Å². The molecule has 0 radical (unpaired) electrons. The minimum Gasteiger partial charge on any atom is -0.492 e. The first-order valence-corrected chi connectivity index (χ1v) is 6.61. The van der Waals surface area contributed by atoms with Crippen molar-refractivity contribution in [2.24, 2.45) is 11.8 Å². The molecular formula is C14H17N3O4. The molecule has 1 atom stereocenters. The zero-order valence-electron chi connectivity index (χ0n) is 11.7. The molecule has 1 aliphatic heterocycles. The van der Waals surface area contributed by atoms with E-state index in [4.69, 9.17) is 10.6 Å². The summed E-state index contributed by atoms with van der Waals surface area (Å²) in [6, 6.07) is 6.40. The number of nitrogens with one attached hydrogen (secondary N) is 1. The third-order valence-electron chi connectivity index (χ3n) is 3.30. The molecule has 112 valence electrons. The summed E-state index contributed by atoms with van der Waals surface area (Å²) in [6.45, 7) is 2.18. The largest absolute Gasteiger partial charge is 0.492 e. The molecule has 0 bridgehead atoms. The van der Waals surface area contributed by atoms with E-state index < -0.39 is 0 Å². The molecule has 1 heterocycles. The Morgan fingerprint density at radius 3 is 2.57 bits per heavy atom. The number of rotatable bonds is 5. The van der Waals surface area contributed by atoms with Crippen LogP contribution >= 0.6 is 0 Å². The van der Waals surface area contributed by atoms with E-state index in [9.17, 15) is 14.4 Å². The molecule has 7 heteroatoms. The summed E-state index contributed by atoms with van der Waals surface area (Å²) in [5, 5.41) is 0. The molecule has 0 aromatic heterocycles. The van der Waals surface area contributed by atoms with E-state index in [-0.39, 0.29) is 43.2 Å². The van der Waals surface area contributed by atoms with Gasteiger partial charge in [0.1, 0.15) is 12.4 Å². The number of likely N-dealkylation sites (tertiary alicyclic amines) is 1. The second-order valence-electron chi connectivity index (χ2n) is 4.84. The van der Waals surface area contributed by atoms with Gasteiger partial charge in [-0.15, -0.1) is 0 Å². The number of hydrogen-bond donors (Lipinski definition) is 2.